The molecule has 0 amide bonds. The number of carbonyl (C=O) groups is 1. The molecule has 0 spiro atoms. The number of anilines is 1. The summed E-state index contributed by atoms with van der Waals surface area (Å²) in [5, 5.41) is 8.66. The van der Waals surface area contributed by atoms with Crippen LogP contribution >= 0.6 is 0 Å². The number of unbranched alkanes of at least 4 members (excludes halogenated alkanes) is 1. The van der Waals surface area contributed by atoms with Gasteiger partial charge in [0.25, 0.3) is 0 Å². The molecule has 0 aliphatic carbocycles. The molecule has 0 fully saturated rings. The van der Waals surface area contributed by atoms with Crippen LogP contribution in [0.25, 0.3) is 0 Å². The fourth-order valence-electron chi connectivity index (χ4n) is 1.59. The van der Waals surface area contributed by atoms with Gasteiger partial charge in [-0.25, -0.2) is 0 Å². The van der Waals surface area contributed by atoms with Crippen LogP contribution in [0.2, 0.25) is 0 Å². The molecule has 0 aliphatic rings. The molecule has 0 aliphatic heterocycles. The van der Waals surface area contributed by atoms with Crippen molar-refractivity contribution in [2.24, 2.45) is 0 Å². The van der Waals surface area contributed by atoms with Gasteiger partial charge in [-0.2, -0.15) is 12.7 Å². The minimum absolute atomic E-state index is 0.0799. The zero-order chi connectivity index (χ0) is 15.2. The van der Waals surface area contributed by atoms with Gasteiger partial charge in [0.1, 0.15) is 0 Å². The lowest BCUT2D eigenvalue weighted by atomic mass is 10.1. The van der Waals surface area contributed by atoms with Gasteiger partial charge in [0, 0.05) is 19.3 Å². The van der Waals surface area contributed by atoms with Crippen LogP contribution in [0.4, 0.5) is 5.69 Å². The molecular formula is C13H20N2O4S. The van der Waals surface area contributed by atoms with E-state index in [0.717, 1.165) is 12.8 Å². The highest BCUT2D eigenvalue weighted by atomic mass is 32.2. The Balaban J connectivity index is 2.70. The Morgan fingerprint density at radius 3 is 2.40 bits per heavy atom. The third-order valence-corrected chi connectivity index (χ3v) is 4.29. The average molecular weight is 300 g/mol. The van der Waals surface area contributed by atoms with Gasteiger partial charge in [-0.3, -0.25) is 9.52 Å². The molecule has 0 bridgehead atoms. The third kappa shape index (κ3) is 5.18. The second-order valence-electron chi connectivity index (χ2n) is 4.55. The lowest BCUT2D eigenvalue weighted by Gasteiger charge is -2.18. The third-order valence-electron chi connectivity index (χ3n) is 2.79. The van der Waals surface area contributed by atoms with E-state index >= 15 is 0 Å². The van der Waals surface area contributed by atoms with Crippen LogP contribution in [0.1, 0.15) is 25.3 Å². The van der Waals surface area contributed by atoms with E-state index in [1.807, 2.05) is 6.92 Å². The van der Waals surface area contributed by atoms with Gasteiger partial charge in [0.2, 0.25) is 0 Å². The van der Waals surface area contributed by atoms with E-state index in [0.29, 0.717) is 17.8 Å². The molecule has 7 heteroatoms. The Kier molecular flexibility index (Phi) is 5.97. The lowest BCUT2D eigenvalue weighted by Crippen LogP contribution is -2.33. The molecule has 0 saturated carbocycles. The topological polar surface area (TPSA) is 86.7 Å². The molecule has 1 aromatic rings. The lowest BCUT2D eigenvalue weighted by molar-refractivity contribution is -0.136. The number of carboxylic acid groups (broad SMARTS) is 1. The number of rotatable bonds is 8. The molecule has 6 nitrogen and oxygen atoms in total. The van der Waals surface area contributed by atoms with Crippen LogP contribution in [0.15, 0.2) is 24.3 Å². The highest BCUT2D eigenvalue weighted by Gasteiger charge is 2.16. The summed E-state index contributed by atoms with van der Waals surface area (Å²) in [4.78, 5) is 10.6. The summed E-state index contributed by atoms with van der Waals surface area (Å²) in [6.07, 6.45) is 1.64. The summed E-state index contributed by atoms with van der Waals surface area (Å²) in [5.74, 6) is -0.919. The van der Waals surface area contributed by atoms with Crippen LogP contribution < -0.4 is 4.72 Å². The Hall–Kier alpha value is -1.60. The molecule has 0 atom stereocenters. The minimum atomic E-state index is -3.55. The van der Waals surface area contributed by atoms with Gasteiger partial charge >= 0.3 is 16.2 Å². The first kappa shape index (κ1) is 16.5. The van der Waals surface area contributed by atoms with E-state index in [9.17, 15) is 13.2 Å². The molecule has 0 saturated heterocycles. The summed E-state index contributed by atoms with van der Waals surface area (Å²) in [6, 6.07) is 6.31. The molecule has 1 rings (SSSR count). The summed E-state index contributed by atoms with van der Waals surface area (Å²) < 4.78 is 27.7. The van der Waals surface area contributed by atoms with Gasteiger partial charge in [-0.15, -0.1) is 0 Å². The maximum atomic E-state index is 12.0. The Labute approximate surface area is 119 Å². The summed E-state index contributed by atoms with van der Waals surface area (Å²) in [7, 11) is -2.03. The van der Waals surface area contributed by atoms with E-state index in [1.54, 1.807) is 24.3 Å². The van der Waals surface area contributed by atoms with Crippen molar-refractivity contribution in [1.29, 1.82) is 0 Å². The zero-order valence-electron chi connectivity index (χ0n) is 11.7. The van der Waals surface area contributed by atoms with E-state index in [-0.39, 0.29) is 6.42 Å². The normalized spacial score (nSPS) is 11.6. The predicted octanol–water partition coefficient (Wildman–Crippen LogP) is 1.70. The maximum absolute atomic E-state index is 12.0. The molecule has 0 radical (unpaired) electrons. The highest BCUT2D eigenvalue weighted by Crippen LogP contribution is 2.13. The number of hydrogen-bond donors (Lipinski definition) is 2. The van der Waals surface area contributed by atoms with Crippen molar-refractivity contribution in [2.75, 3.05) is 18.3 Å². The number of nitrogens with zero attached hydrogens (tertiary/aromatic N) is 1. The van der Waals surface area contributed by atoms with Crippen LogP contribution in [0.3, 0.4) is 0 Å². The fraction of sp³-hybridized carbons (Fsp3) is 0.462. The van der Waals surface area contributed by atoms with E-state index in [1.165, 1.54) is 11.4 Å². The summed E-state index contributed by atoms with van der Waals surface area (Å²) >= 11 is 0. The first-order valence-corrected chi connectivity index (χ1v) is 7.84. The smallest absolute Gasteiger partial charge is 0.307 e. The quantitative estimate of drug-likeness (QED) is 0.765. The zero-order valence-corrected chi connectivity index (χ0v) is 12.5. The van der Waals surface area contributed by atoms with Crippen LogP contribution in [-0.2, 0) is 21.4 Å². The largest absolute Gasteiger partial charge is 0.481 e. The molecule has 2 N–H and O–H groups in total. The molecule has 112 valence electrons. The van der Waals surface area contributed by atoms with Crippen LogP contribution in [-0.4, -0.2) is 37.4 Å². The molecular weight excluding hydrogens is 280 g/mol. The predicted molar refractivity (Wildman–Crippen MR) is 77.9 cm³/mol. The standard InChI is InChI=1S/C13H20N2O4S/c1-3-4-9-15(2)20(18,19)14-12-7-5-11(6-8-12)10-13(16)17/h5-8,14H,3-4,9-10H2,1-2H3,(H,16,17). The van der Waals surface area contributed by atoms with Crippen LogP contribution in [0, 0.1) is 0 Å². The molecule has 0 aromatic heterocycles. The van der Waals surface area contributed by atoms with Gasteiger partial charge in [-0.1, -0.05) is 25.5 Å². The van der Waals surface area contributed by atoms with Crippen molar-refractivity contribution in [2.45, 2.75) is 26.2 Å². The van der Waals surface area contributed by atoms with Crippen molar-refractivity contribution in [3.05, 3.63) is 29.8 Å². The van der Waals surface area contributed by atoms with Crippen molar-refractivity contribution in [3.8, 4) is 0 Å². The van der Waals surface area contributed by atoms with Crippen molar-refractivity contribution in [3.63, 3.8) is 0 Å². The van der Waals surface area contributed by atoms with E-state index < -0.39 is 16.2 Å². The number of aliphatic carboxylic acids is 1. The van der Waals surface area contributed by atoms with Crippen molar-refractivity contribution in [1.82, 2.24) is 4.31 Å². The number of benzene rings is 1. The highest BCUT2D eigenvalue weighted by molar-refractivity contribution is 7.90. The number of hydrogen-bond acceptors (Lipinski definition) is 3. The van der Waals surface area contributed by atoms with Gasteiger partial charge in [0.05, 0.1) is 6.42 Å². The Morgan fingerprint density at radius 2 is 1.90 bits per heavy atom. The number of carboxylic acids is 1. The molecule has 0 heterocycles. The minimum Gasteiger partial charge on any atom is -0.481 e. The van der Waals surface area contributed by atoms with E-state index in [4.69, 9.17) is 5.11 Å². The Bertz CT molecular complexity index is 540. The first-order valence-electron chi connectivity index (χ1n) is 6.40. The number of nitrogens with one attached hydrogen (secondary N) is 1. The maximum Gasteiger partial charge on any atom is 0.307 e. The molecule has 1 aromatic carbocycles. The van der Waals surface area contributed by atoms with Gasteiger partial charge in [-0.05, 0) is 24.1 Å². The van der Waals surface area contributed by atoms with Crippen molar-refractivity contribution >= 4 is 21.9 Å². The van der Waals surface area contributed by atoms with Crippen molar-refractivity contribution < 1.29 is 18.3 Å². The SMILES string of the molecule is CCCCN(C)S(=O)(=O)Nc1ccc(CC(=O)O)cc1. The van der Waals surface area contributed by atoms with Crippen LogP contribution in [0.5, 0.6) is 0 Å². The van der Waals surface area contributed by atoms with Gasteiger partial charge < -0.3 is 5.11 Å². The fourth-order valence-corrected chi connectivity index (χ4v) is 2.55. The molecule has 20 heavy (non-hydrogen) atoms. The second-order valence-corrected chi connectivity index (χ2v) is 6.33. The summed E-state index contributed by atoms with van der Waals surface area (Å²) in [6.45, 7) is 2.46. The first-order chi connectivity index (χ1) is 9.35. The second kappa shape index (κ2) is 7.25. The summed E-state index contributed by atoms with van der Waals surface area (Å²) in [5.41, 5.74) is 1.04. The monoisotopic (exact) mass is 300 g/mol. The van der Waals surface area contributed by atoms with Gasteiger partial charge in [0.15, 0.2) is 0 Å². The average Bonchev–Trinajstić information content (AvgIpc) is 2.37. The van der Waals surface area contributed by atoms with E-state index in [2.05, 4.69) is 4.72 Å². The Morgan fingerprint density at radius 1 is 1.30 bits per heavy atom. The molecule has 0 unspecified atom stereocenters.